The van der Waals surface area contributed by atoms with Crippen molar-refractivity contribution in [2.45, 2.75) is 26.2 Å². The molecule has 1 heterocycles. The number of carbonyl (C=O) groups is 1. The van der Waals surface area contributed by atoms with E-state index in [2.05, 4.69) is 4.98 Å². The van der Waals surface area contributed by atoms with Crippen LogP contribution >= 0.6 is 0 Å². The third-order valence-electron chi connectivity index (χ3n) is 3.67. The van der Waals surface area contributed by atoms with Gasteiger partial charge in [-0.2, -0.15) is 0 Å². The van der Waals surface area contributed by atoms with Gasteiger partial charge >= 0.3 is 0 Å². The molecule has 22 heavy (non-hydrogen) atoms. The van der Waals surface area contributed by atoms with E-state index >= 15 is 0 Å². The maximum absolute atomic E-state index is 13.1. The van der Waals surface area contributed by atoms with Gasteiger partial charge in [-0.1, -0.05) is 12.1 Å². The van der Waals surface area contributed by atoms with E-state index < -0.39 is 0 Å². The van der Waals surface area contributed by atoms with Gasteiger partial charge in [0, 0.05) is 31.9 Å². The highest BCUT2D eigenvalue weighted by Gasteiger charge is 2.11. The van der Waals surface area contributed by atoms with Crippen LogP contribution < -0.4 is 0 Å². The second kappa shape index (κ2) is 8.27. The van der Waals surface area contributed by atoms with Crippen LogP contribution in [-0.4, -0.2) is 28.9 Å². The molecular weight excluding hydrogens is 279 g/mol. The molecule has 3 nitrogen and oxygen atoms in total. The van der Waals surface area contributed by atoms with Gasteiger partial charge in [0.05, 0.1) is 0 Å². The average molecular weight is 300 g/mol. The molecule has 0 saturated heterocycles. The van der Waals surface area contributed by atoms with Gasteiger partial charge in [0.15, 0.2) is 0 Å². The van der Waals surface area contributed by atoms with E-state index in [1.165, 1.54) is 17.7 Å². The Morgan fingerprint density at radius 2 is 1.91 bits per heavy atom. The number of likely N-dealkylation sites (N-methyl/N-ethyl adjacent to an activating group) is 1. The van der Waals surface area contributed by atoms with Gasteiger partial charge in [-0.25, -0.2) is 4.39 Å². The predicted octanol–water partition coefficient (Wildman–Crippen LogP) is 3.24. The Balaban J connectivity index is 1.83. The summed E-state index contributed by atoms with van der Waals surface area (Å²) in [5.74, 6) is -0.143. The zero-order chi connectivity index (χ0) is 15.8. The summed E-state index contributed by atoms with van der Waals surface area (Å²) in [5, 5.41) is 0. The fourth-order valence-electron chi connectivity index (χ4n) is 2.37. The number of amides is 1. The molecule has 0 spiro atoms. The van der Waals surface area contributed by atoms with Gasteiger partial charge in [-0.3, -0.25) is 9.78 Å². The van der Waals surface area contributed by atoms with Crippen molar-refractivity contribution < 1.29 is 9.18 Å². The highest BCUT2D eigenvalue weighted by atomic mass is 19.1. The summed E-state index contributed by atoms with van der Waals surface area (Å²) in [6, 6.07) is 10.4. The van der Waals surface area contributed by atoms with Crippen LogP contribution in [0.15, 0.2) is 48.8 Å². The number of hydrogen-bond acceptors (Lipinski definition) is 2. The lowest BCUT2D eigenvalue weighted by Gasteiger charge is -2.21. The number of nitrogens with zero attached hydrogens (tertiary/aromatic N) is 2. The Morgan fingerprint density at radius 1 is 1.14 bits per heavy atom. The second-order valence-electron chi connectivity index (χ2n) is 5.21. The number of carbonyl (C=O) groups excluding carboxylic acids is 1. The summed E-state index contributed by atoms with van der Waals surface area (Å²) in [5.41, 5.74) is 2.03. The number of aryl methyl sites for hydroxylation is 1. The molecule has 0 unspecified atom stereocenters. The smallest absolute Gasteiger partial charge is 0.222 e. The average Bonchev–Trinajstić information content (AvgIpc) is 2.54. The molecule has 0 atom stereocenters. The minimum absolute atomic E-state index is 0.112. The van der Waals surface area contributed by atoms with E-state index in [0.717, 1.165) is 12.0 Å². The number of pyridine rings is 1. The molecule has 2 aromatic rings. The number of halogens is 1. The first-order valence-electron chi connectivity index (χ1n) is 7.60. The van der Waals surface area contributed by atoms with E-state index in [9.17, 15) is 9.18 Å². The molecule has 0 aliphatic heterocycles. The molecule has 1 aromatic heterocycles. The van der Waals surface area contributed by atoms with Gasteiger partial charge in [0.25, 0.3) is 0 Å². The van der Waals surface area contributed by atoms with Gasteiger partial charge in [0.1, 0.15) is 5.82 Å². The van der Waals surface area contributed by atoms with Crippen molar-refractivity contribution in [2.24, 2.45) is 0 Å². The van der Waals surface area contributed by atoms with E-state index in [1.54, 1.807) is 18.5 Å². The monoisotopic (exact) mass is 300 g/mol. The molecule has 4 heteroatoms. The van der Waals surface area contributed by atoms with E-state index in [4.69, 9.17) is 0 Å². The zero-order valence-corrected chi connectivity index (χ0v) is 12.8. The number of rotatable bonds is 7. The van der Waals surface area contributed by atoms with Crippen LogP contribution in [0.4, 0.5) is 4.39 Å². The van der Waals surface area contributed by atoms with Crippen molar-refractivity contribution in [3.63, 3.8) is 0 Å². The van der Waals surface area contributed by atoms with Crippen molar-refractivity contribution in [1.82, 2.24) is 9.88 Å². The van der Waals surface area contributed by atoms with Gasteiger partial charge in [-0.05, 0) is 55.2 Å². The van der Waals surface area contributed by atoms with Crippen LogP contribution in [0.1, 0.15) is 24.5 Å². The molecular formula is C18H21FN2O. The fraction of sp³-hybridized carbons (Fsp3) is 0.333. The topological polar surface area (TPSA) is 33.2 Å². The normalized spacial score (nSPS) is 10.5. The largest absolute Gasteiger partial charge is 0.343 e. The summed E-state index contributed by atoms with van der Waals surface area (Å²) < 4.78 is 13.1. The Labute approximate surface area is 130 Å². The van der Waals surface area contributed by atoms with Crippen molar-refractivity contribution in [2.75, 3.05) is 13.1 Å². The van der Waals surface area contributed by atoms with Gasteiger partial charge < -0.3 is 4.90 Å². The standard InChI is InChI=1S/C18H21FN2O/c1-2-21(13-10-15-8-11-20-12-9-15)18(22)7-6-16-4-3-5-17(19)14-16/h3-5,8-9,11-12,14H,2,6-7,10,13H2,1H3. The zero-order valence-electron chi connectivity index (χ0n) is 12.8. The summed E-state index contributed by atoms with van der Waals surface area (Å²) >= 11 is 0. The lowest BCUT2D eigenvalue weighted by molar-refractivity contribution is -0.130. The molecule has 0 N–H and O–H groups in total. The van der Waals surface area contributed by atoms with Crippen molar-refractivity contribution in [3.05, 3.63) is 65.7 Å². The molecule has 0 radical (unpaired) electrons. The van der Waals surface area contributed by atoms with Crippen molar-refractivity contribution in [1.29, 1.82) is 0 Å². The number of hydrogen-bond donors (Lipinski definition) is 0. The quantitative estimate of drug-likeness (QED) is 0.786. The molecule has 0 aliphatic carbocycles. The molecule has 116 valence electrons. The lowest BCUT2D eigenvalue weighted by atomic mass is 10.1. The third-order valence-corrected chi connectivity index (χ3v) is 3.67. The molecule has 2 rings (SSSR count). The first-order chi connectivity index (χ1) is 10.7. The Hall–Kier alpha value is -2.23. The van der Waals surface area contributed by atoms with Crippen molar-refractivity contribution in [3.8, 4) is 0 Å². The first-order valence-corrected chi connectivity index (χ1v) is 7.60. The van der Waals surface area contributed by atoms with Crippen LogP contribution in [0.25, 0.3) is 0 Å². The van der Waals surface area contributed by atoms with Crippen molar-refractivity contribution >= 4 is 5.91 Å². The Morgan fingerprint density at radius 3 is 2.59 bits per heavy atom. The predicted molar refractivity (Wildman–Crippen MR) is 84.9 cm³/mol. The maximum Gasteiger partial charge on any atom is 0.222 e. The minimum Gasteiger partial charge on any atom is -0.343 e. The molecule has 1 amide bonds. The molecule has 1 aromatic carbocycles. The number of benzene rings is 1. The molecule has 0 aliphatic rings. The van der Waals surface area contributed by atoms with E-state index in [-0.39, 0.29) is 11.7 Å². The van der Waals surface area contributed by atoms with E-state index in [0.29, 0.717) is 25.9 Å². The molecule has 0 bridgehead atoms. The SMILES string of the molecule is CCN(CCc1ccncc1)C(=O)CCc1cccc(F)c1. The summed E-state index contributed by atoms with van der Waals surface area (Å²) in [4.78, 5) is 18.1. The fourth-order valence-corrected chi connectivity index (χ4v) is 2.37. The van der Waals surface area contributed by atoms with Crippen LogP contribution in [-0.2, 0) is 17.6 Å². The second-order valence-corrected chi connectivity index (χ2v) is 5.21. The van der Waals surface area contributed by atoms with Crippen LogP contribution in [0.5, 0.6) is 0 Å². The minimum atomic E-state index is -0.255. The third kappa shape index (κ3) is 4.95. The maximum atomic E-state index is 13.1. The summed E-state index contributed by atoms with van der Waals surface area (Å²) in [7, 11) is 0. The van der Waals surface area contributed by atoms with Gasteiger partial charge in [-0.15, -0.1) is 0 Å². The highest BCUT2D eigenvalue weighted by Crippen LogP contribution is 2.08. The van der Waals surface area contributed by atoms with Crippen LogP contribution in [0.3, 0.4) is 0 Å². The van der Waals surface area contributed by atoms with Gasteiger partial charge in [0.2, 0.25) is 5.91 Å². The lowest BCUT2D eigenvalue weighted by Crippen LogP contribution is -2.32. The first kappa shape index (κ1) is 16.1. The Bertz CT molecular complexity index is 601. The highest BCUT2D eigenvalue weighted by molar-refractivity contribution is 5.76. The van der Waals surface area contributed by atoms with Crippen LogP contribution in [0, 0.1) is 5.82 Å². The molecule has 0 fully saturated rings. The molecule has 0 saturated carbocycles. The summed E-state index contributed by atoms with van der Waals surface area (Å²) in [6.45, 7) is 3.36. The number of aromatic nitrogens is 1. The van der Waals surface area contributed by atoms with E-state index in [1.807, 2.05) is 30.0 Å². The summed E-state index contributed by atoms with van der Waals surface area (Å²) in [6.07, 6.45) is 5.33. The van der Waals surface area contributed by atoms with Crippen LogP contribution in [0.2, 0.25) is 0 Å². The Kier molecular flexibility index (Phi) is 6.07.